The fourth-order valence-electron chi connectivity index (χ4n) is 4.13. The van der Waals surface area contributed by atoms with E-state index >= 15 is 0 Å². The molecule has 2 aromatic rings. The summed E-state index contributed by atoms with van der Waals surface area (Å²) in [5.41, 5.74) is 3.38. The van der Waals surface area contributed by atoms with Crippen LogP contribution in [0.2, 0.25) is 0 Å². The number of hydrogen-bond donors (Lipinski definition) is 1. The van der Waals surface area contributed by atoms with Crippen molar-refractivity contribution in [1.29, 1.82) is 0 Å². The molecule has 26 heavy (non-hydrogen) atoms. The van der Waals surface area contributed by atoms with Crippen LogP contribution < -0.4 is 4.90 Å². The number of carboxylic acid groups (broad SMARTS) is 1. The predicted octanol–water partition coefficient (Wildman–Crippen LogP) is 2.38. The molecule has 4 rings (SSSR count). The van der Waals surface area contributed by atoms with Gasteiger partial charge in [-0.25, -0.2) is 0 Å². The molecule has 5 nitrogen and oxygen atoms in total. The maximum absolute atomic E-state index is 12.8. The van der Waals surface area contributed by atoms with E-state index in [2.05, 4.69) is 11.0 Å². The van der Waals surface area contributed by atoms with Gasteiger partial charge in [-0.2, -0.15) is 0 Å². The Morgan fingerprint density at radius 1 is 1.00 bits per heavy atom. The van der Waals surface area contributed by atoms with Crippen LogP contribution in [0, 0.1) is 5.92 Å². The normalized spacial score (nSPS) is 21.7. The van der Waals surface area contributed by atoms with Crippen molar-refractivity contribution in [3.05, 3.63) is 65.7 Å². The number of aliphatic carboxylic acids is 1. The zero-order valence-electron chi connectivity index (χ0n) is 14.5. The summed E-state index contributed by atoms with van der Waals surface area (Å²) in [5.74, 6) is -1.53. The number of carbonyl (C=O) groups is 2. The third kappa shape index (κ3) is 3.05. The Hall–Kier alpha value is -2.82. The molecular weight excluding hydrogens is 328 g/mol. The second-order valence-corrected chi connectivity index (χ2v) is 7.06. The zero-order valence-corrected chi connectivity index (χ0v) is 14.5. The first-order chi connectivity index (χ1) is 12.6. The highest BCUT2D eigenvalue weighted by molar-refractivity contribution is 5.84. The smallest absolute Gasteiger partial charge is 0.308 e. The number of fused-ring (bicyclic) bond motifs is 1. The molecule has 0 spiro atoms. The van der Waals surface area contributed by atoms with Gasteiger partial charge in [0.15, 0.2) is 0 Å². The van der Waals surface area contributed by atoms with Crippen molar-refractivity contribution in [3.8, 4) is 0 Å². The number of likely N-dealkylation sites (tertiary alicyclic amines) is 1. The van der Waals surface area contributed by atoms with Gasteiger partial charge in [-0.3, -0.25) is 9.59 Å². The fourth-order valence-corrected chi connectivity index (χ4v) is 4.13. The molecule has 0 unspecified atom stereocenters. The SMILES string of the molecule is O=C(O)[C@@H]1CN(C(=O)CN2CCc3ccccc32)C[C@@H]1c1ccccc1. The van der Waals surface area contributed by atoms with Gasteiger partial charge in [0.25, 0.3) is 0 Å². The number of carbonyl (C=O) groups excluding carboxylic acids is 1. The Balaban J connectivity index is 1.48. The van der Waals surface area contributed by atoms with E-state index in [-0.39, 0.29) is 18.4 Å². The minimum Gasteiger partial charge on any atom is -0.481 e. The Bertz CT molecular complexity index is 821. The molecular formula is C21H22N2O3. The zero-order chi connectivity index (χ0) is 18.1. The third-order valence-corrected chi connectivity index (χ3v) is 5.53. The highest BCUT2D eigenvalue weighted by Gasteiger charge is 2.40. The molecule has 0 bridgehead atoms. The van der Waals surface area contributed by atoms with Crippen molar-refractivity contribution < 1.29 is 14.7 Å². The second-order valence-electron chi connectivity index (χ2n) is 7.06. The first-order valence-electron chi connectivity index (χ1n) is 9.02. The highest BCUT2D eigenvalue weighted by Crippen LogP contribution is 2.33. The summed E-state index contributed by atoms with van der Waals surface area (Å²) in [5, 5.41) is 9.61. The first kappa shape index (κ1) is 16.6. The van der Waals surface area contributed by atoms with E-state index in [1.54, 1.807) is 4.90 Å². The van der Waals surface area contributed by atoms with Crippen LogP contribution >= 0.6 is 0 Å². The van der Waals surface area contributed by atoms with Crippen molar-refractivity contribution in [2.24, 2.45) is 5.92 Å². The Morgan fingerprint density at radius 3 is 2.50 bits per heavy atom. The lowest BCUT2D eigenvalue weighted by Gasteiger charge is -2.23. The van der Waals surface area contributed by atoms with Gasteiger partial charge in [-0.1, -0.05) is 48.5 Å². The van der Waals surface area contributed by atoms with Crippen LogP contribution in [-0.2, 0) is 16.0 Å². The van der Waals surface area contributed by atoms with Crippen molar-refractivity contribution >= 4 is 17.6 Å². The minimum absolute atomic E-state index is 0.00591. The van der Waals surface area contributed by atoms with Crippen LogP contribution in [0.5, 0.6) is 0 Å². The van der Waals surface area contributed by atoms with Crippen molar-refractivity contribution in [2.75, 3.05) is 31.1 Å². The third-order valence-electron chi connectivity index (χ3n) is 5.53. The lowest BCUT2D eigenvalue weighted by atomic mass is 9.89. The average molecular weight is 350 g/mol. The maximum atomic E-state index is 12.8. The van der Waals surface area contributed by atoms with E-state index in [9.17, 15) is 14.7 Å². The summed E-state index contributed by atoms with van der Waals surface area (Å²) in [6, 6.07) is 17.8. The number of rotatable bonds is 4. The maximum Gasteiger partial charge on any atom is 0.308 e. The number of anilines is 1. The Morgan fingerprint density at radius 2 is 1.73 bits per heavy atom. The van der Waals surface area contributed by atoms with E-state index in [0.29, 0.717) is 13.1 Å². The molecule has 1 N–H and O–H groups in total. The second kappa shape index (κ2) is 6.83. The standard InChI is InChI=1S/C21H22N2O3/c24-20(14-22-11-10-16-8-4-5-9-19(16)22)23-12-17(18(13-23)21(25)26)15-6-2-1-3-7-15/h1-9,17-18H,10-14H2,(H,25,26)/t17-,18-/m1/s1. The molecule has 2 aliphatic rings. The molecule has 1 saturated heterocycles. The van der Waals surface area contributed by atoms with Gasteiger partial charge in [0.2, 0.25) is 5.91 Å². The van der Waals surface area contributed by atoms with E-state index in [1.165, 1.54) is 5.56 Å². The molecule has 0 aliphatic carbocycles. The molecule has 134 valence electrons. The molecule has 0 aromatic heterocycles. The molecule has 1 amide bonds. The Labute approximate surface area is 152 Å². The number of nitrogens with zero attached hydrogens (tertiary/aromatic N) is 2. The molecule has 1 fully saturated rings. The van der Waals surface area contributed by atoms with Gasteiger partial charge < -0.3 is 14.9 Å². The van der Waals surface area contributed by atoms with E-state index in [4.69, 9.17) is 0 Å². The number of carboxylic acids is 1. The summed E-state index contributed by atoms with van der Waals surface area (Å²) >= 11 is 0. The molecule has 2 aromatic carbocycles. The van der Waals surface area contributed by atoms with Gasteiger partial charge in [-0.05, 0) is 23.6 Å². The van der Waals surface area contributed by atoms with Gasteiger partial charge in [0, 0.05) is 31.2 Å². The van der Waals surface area contributed by atoms with Crippen LogP contribution in [0.1, 0.15) is 17.0 Å². The quantitative estimate of drug-likeness (QED) is 0.920. The molecule has 0 saturated carbocycles. The van der Waals surface area contributed by atoms with Gasteiger partial charge in [0.05, 0.1) is 12.5 Å². The molecule has 2 heterocycles. The van der Waals surface area contributed by atoms with Crippen LogP contribution in [0.3, 0.4) is 0 Å². The highest BCUT2D eigenvalue weighted by atomic mass is 16.4. The van der Waals surface area contributed by atoms with Crippen molar-refractivity contribution in [3.63, 3.8) is 0 Å². The van der Waals surface area contributed by atoms with Crippen LogP contribution in [0.4, 0.5) is 5.69 Å². The van der Waals surface area contributed by atoms with Crippen LogP contribution in [0.15, 0.2) is 54.6 Å². The average Bonchev–Trinajstić information content (AvgIpc) is 3.28. The lowest BCUT2D eigenvalue weighted by molar-refractivity contribution is -0.141. The summed E-state index contributed by atoms with van der Waals surface area (Å²) in [4.78, 5) is 28.4. The minimum atomic E-state index is -0.833. The predicted molar refractivity (Wildman–Crippen MR) is 99.2 cm³/mol. The molecule has 0 radical (unpaired) electrons. The van der Waals surface area contributed by atoms with E-state index in [1.807, 2.05) is 48.5 Å². The summed E-state index contributed by atoms with van der Waals surface area (Å²) in [7, 11) is 0. The summed E-state index contributed by atoms with van der Waals surface area (Å²) in [6.45, 7) is 1.90. The Kier molecular flexibility index (Phi) is 4.37. The molecule has 5 heteroatoms. The van der Waals surface area contributed by atoms with Crippen molar-refractivity contribution in [2.45, 2.75) is 12.3 Å². The summed E-state index contributed by atoms with van der Waals surface area (Å²) in [6.07, 6.45) is 0.952. The van der Waals surface area contributed by atoms with E-state index < -0.39 is 11.9 Å². The van der Waals surface area contributed by atoms with Gasteiger partial charge >= 0.3 is 5.97 Å². The first-order valence-corrected chi connectivity index (χ1v) is 9.02. The largest absolute Gasteiger partial charge is 0.481 e. The molecule has 2 atom stereocenters. The monoisotopic (exact) mass is 350 g/mol. The number of hydrogen-bond acceptors (Lipinski definition) is 3. The number of benzene rings is 2. The fraction of sp³-hybridized carbons (Fsp3) is 0.333. The van der Waals surface area contributed by atoms with Crippen LogP contribution in [-0.4, -0.2) is 48.1 Å². The van der Waals surface area contributed by atoms with Crippen LogP contribution in [0.25, 0.3) is 0 Å². The number of para-hydroxylation sites is 1. The topological polar surface area (TPSA) is 60.9 Å². The number of amides is 1. The van der Waals surface area contributed by atoms with Gasteiger partial charge in [-0.15, -0.1) is 0 Å². The van der Waals surface area contributed by atoms with Crippen molar-refractivity contribution in [1.82, 2.24) is 4.90 Å². The lowest BCUT2D eigenvalue weighted by Crippen LogP contribution is -2.39. The summed E-state index contributed by atoms with van der Waals surface area (Å²) < 4.78 is 0. The van der Waals surface area contributed by atoms with E-state index in [0.717, 1.165) is 24.2 Å². The molecule has 2 aliphatic heterocycles. The van der Waals surface area contributed by atoms with Gasteiger partial charge in [0.1, 0.15) is 0 Å².